The Labute approximate surface area is 152 Å². The number of rotatable bonds is 5. The van der Waals surface area contributed by atoms with Gasteiger partial charge in [-0.05, 0) is 38.8 Å². The quantitative estimate of drug-likeness (QED) is 0.654. The zero-order valence-corrected chi connectivity index (χ0v) is 15.5. The molecule has 0 spiro atoms. The highest BCUT2D eigenvalue weighted by molar-refractivity contribution is 7.99. The monoisotopic (exact) mass is 360 g/mol. The molecule has 1 aromatic heterocycles. The van der Waals surface area contributed by atoms with Gasteiger partial charge in [0.15, 0.2) is 5.82 Å². The van der Waals surface area contributed by atoms with Gasteiger partial charge in [-0.3, -0.25) is 0 Å². The summed E-state index contributed by atoms with van der Waals surface area (Å²) in [7, 11) is 0. The van der Waals surface area contributed by atoms with Crippen molar-refractivity contribution in [3.05, 3.63) is 41.5 Å². The Bertz CT molecular complexity index is 701. The number of hydrogen-bond acceptors (Lipinski definition) is 5. The lowest BCUT2D eigenvalue weighted by molar-refractivity contribution is 0.172. The van der Waals surface area contributed by atoms with Gasteiger partial charge in [0.2, 0.25) is 5.89 Å². The van der Waals surface area contributed by atoms with Gasteiger partial charge in [-0.25, -0.2) is 4.79 Å². The molecule has 0 bridgehead atoms. The molecule has 0 saturated carbocycles. The van der Waals surface area contributed by atoms with Crippen molar-refractivity contribution in [2.75, 3.05) is 25.4 Å². The molecule has 1 aliphatic heterocycles. The summed E-state index contributed by atoms with van der Waals surface area (Å²) in [5.41, 5.74) is 1.26. The molecular formula is C18H24N4O2S. The van der Waals surface area contributed by atoms with E-state index < -0.39 is 0 Å². The van der Waals surface area contributed by atoms with E-state index in [4.69, 9.17) is 4.52 Å². The molecule has 0 unspecified atom stereocenters. The lowest BCUT2D eigenvalue weighted by Gasteiger charge is -2.31. The van der Waals surface area contributed by atoms with Crippen molar-refractivity contribution in [1.82, 2.24) is 20.4 Å². The van der Waals surface area contributed by atoms with E-state index in [1.807, 2.05) is 11.8 Å². The Morgan fingerprint density at radius 2 is 2.16 bits per heavy atom. The standard InChI is InChI=1S/C18H24N4O2S/c1-13-5-7-16(8-6-13)25-11-9-19-18(23)22-10-3-4-15(12-22)17-20-14(2)21-24-17/h5-8,15H,3-4,9-12H2,1-2H3,(H,19,23)/t15-/m0/s1. The minimum Gasteiger partial charge on any atom is -0.339 e. The van der Waals surface area contributed by atoms with Crippen LogP contribution in [0.4, 0.5) is 4.79 Å². The second-order valence-electron chi connectivity index (χ2n) is 6.36. The molecule has 7 heteroatoms. The van der Waals surface area contributed by atoms with Crippen LogP contribution < -0.4 is 5.32 Å². The first-order chi connectivity index (χ1) is 12.1. The maximum Gasteiger partial charge on any atom is 0.317 e. The van der Waals surface area contributed by atoms with Crippen LogP contribution in [0.5, 0.6) is 0 Å². The maximum atomic E-state index is 12.4. The third-order valence-electron chi connectivity index (χ3n) is 4.27. The third kappa shape index (κ3) is 4.98. The molecule has 1 aromatic carbocycles. The largest absolute Gasteiger partial charge is 0.339 e. The van der Waals surface area contributed by atoms with Crippen LogP contribution in [0.3, 0.4) is 0 Å². The van der Waals surface area contributed by atoms with E-state index in [1.54, 1.807) is 11.8 Å². The van der Waals surface area contributed by atoms with Gasteiger partial charge < -0.3 is 14.7 Å². The average Bonchev–Trinajstić information content (AvgIpc) is 3.07. The van der Waals surface area contributed by atoms with E-state index in [-0.39, 0.29) is 11.9 Å². The van der Waals surface area contributed by atoms with Crippen molar-refractivity contribution in [2.45, 2.75) is 37.5 Å². The molecule has 6 nitrogen and oxygen atoms in total. The van der Waals surface area contributed by atoms with Crippen LogP contribution in [0.15, 0.2) is 33.7 Å². The predicted octanol–water partition coefficient (Wildman–Crippen LogP) is 3.37. The summed E-state index contributed by atoms with van der Waals surface area (Å²) in [6, 6.07) is 8.43. The van der Waals surface area contributed by atoms with E-state index in [1.165, 1.54) is 10.5 Å². The Morgan fingerprint density at radius 1 is 1.36 bits per heavy atom. The number of piperidine rings is 1. The molecule has 1 saturated heterocycles. The maximum absolute atomic E-state index is 12.4. The van der Waals surface area contributed by atoms with Crippen LogP contribution in [0.25, 0.3) is 0 Å². The highest BCUT2D eigenvalue weighted by atomic mass is 32.2. The summed E-state index contributed by atoms with van der Waals surface area (Å²) in [6.07, 6.45) is 1.94. The lowest BCUT2D eigenvalue weighted by Crippen LogP contribution is -2.45. The zero-order valence-electron chi connectivity index (χ0n) is 14.7. The number of likely N-dealkylation sites (tertiary alicyclic amines) is 1. The van der Waals surface area contributed by atoms with Crippen LogP contribution in [0.1, 0.15) is 36.0 Å². The first-order valence-electron chi connectivity index (χ1n) is 8.64. The van der Waals surface area contributed by atoms with Gasteiger partial charge in [-0.15, -0.1) is 11.8 Å². The molecule has 1 fully saturated rings. The fourth-order valence-electron chi connectivity index (χ4n) is 2.92. The minimum absolute atomic E-state index is 0.00885. The molecule has 2 aromatic rings. The Hall–Kier alpha value is -2.02. The number of carbonyl (C=O) groups is 1. The van der Waals surface area contributed by atoms with E-state index in [2.05, 4.69) is 46.6 Å². The summed E-state index contributed by atoms with van der Waals surface area (Å²) in [6.45, 7) is 5.96. The molecule has 2 amide bonds. The molecule has 25 heavy (non-hydrogen) atoms. The van der Waals surface area contributed by atoms with Gasteiger partial charge in [-0.1, -0.05) is 22.9 Å². The van der Waals surface area contributed by atoms with Crippen molar-refractivity contribution in [3.8, 4) is 0 Å². The van der Waals surface area contributed by atoms with E-state index in [0.29, 0.717) is 24.8 Å². The second kappa shape index (κ2) is 8.38. The predicted molar refractivity (Wildman–Crippen MR) is 97.9 cm³/mol. The molecular weight excluding hydrogens is 336 g/mol. The van der Waals surface area contributed by atoms with Gasteiger partial charge in [0, 0.05) is 30.3 Å². The first kappa shape index (κ1) is 17.8. The minimum atomic E-state index is -0.00885. The van der Waals surface area contributed by atoms with Crippen LogP contribution >= 0.6 is 11.8 Å². The number of aromatic nitrogens is 2. The number of amides is 2. The number of urea groups is 1. The van der Waals surface area contributed by atoms with E-state index >= 15 is 0 Å². The number of nitrogens with zero attached hydrogens (tertiary/aromatic N) is 3. The molecule has 3 rings (SSSR count). The molecule has 1 aliphatic rings. The second-order valence-corrected chi connectivity index (χ2v) is 7.53. The Kier molecular flexibility index (Phi) is 5.96. The number of benzene rings is 1. The Balaban J connectivity index is 1.42. The van der Waals surface area contributed by atoms with Crippen molar-refractivity contribution in [1.29, 1.82) is 0 Å². The third-order valence-corrected chi connectivity index (χ3v) is 5.28. The van der Waals surface area contributed by atoms with Gasteiger partial charge in [0.05, 0.1) is 5.92 Å². The molecule has 2 heterocycles. The fourth-order valence-corrected chi connectivity index (χ4v) is 3.68. The molecule has 1 N–H and O–H groups in total. The van der Waals surface area contributed by atoms with Crippen LogP contribution in [-0.4, -0.2) is 46.5 Å². The summed E-state index contributed by atoms with van der Waals surface area (Å²) >= 11 is 1.75. The Morgan fingerprint density at radius 3 is 2.88 bits per heavy atom. The molecule has 0 radical (unpaired) electrons. The number of hydrogen-bond donors (Lipinski definition) is 1. The summed E-state index contributed by atoms with van der Waals surface area (Å²) in [5, 5.41) is 6.86. The number of carbonyl (C=O) groups excluding carboxylic acids is 1. The van der Waals surface area contributed by atoms with Crippen molar-refractivity contribution < 1.29 is 9.32 Å². The summed E-state index contributed by atoms with van der Waals surface area (Å²) < 4.78 is 5.26. The highest BCUT2D eigenvalue weighted by Crippen LogP contribution is 2.25. The summed E-state index contributed by atoms with van der Waals surface area (Å²) in [5.74, 6) is 2.28. The van der Waals surface area contributed by atoms with Crippen molar-refractivity contribution in [2.24, 2.45) is 0 Å². The molecule has 134 valence electrons. The number of nitrogens with one attached hydrogen (secondary N) is 1. The fraction of sp³-hybridized carbons (Fsp3) is 0.500. The SMILES string of the molecule is Cc1ccc(SCCNC(=O)N2CCC[C@H](c3nc(C)no3)C2)cc1. The van der Waals surface area contributed by atoms with Gasteiger partial charge >= 0.3 is 6.03 Å². The average molecular weight is 360 g/mol. The lowest BCUT2D eigenvalue weighted by atomic mass is 9.98. The first-order valence-corrected chi connectivity index (χ1v) is 9.63. The molecule has 1 atom stereocenters. The molecule has 0 aliphatic carbocycles. The smallest absolute Gasteiger partial charge is 0.317 e. The topological polar surface area (TPSA) is 71.3 Å². The van der Waals surface area contributed by atoms with Gasteiger partial charge in [0.25, 0.3) is 0 Å². The van der Waals surface area contributed by atoms with Gasteiger partial charge in [0.1, 0.15) is 0 Å². The highest BCUT2D eigenvalue weighted by Gasteiger charge is 2.28. The summed E-state index contributed by atoms with van der Waals surface area (Å²) in [4.78, 5) is 19.8. The van der Waals surface area contributed by atoms with Crippen LogP contribution in [0, 0.1) is 13.8 Å². The van der Waals surface area contributed by atoms with E-state index in [0.717, 1.165) is 25.1 Å². The zero-order chi connectivity index (χ0) is 17.6. The normalized spacial score (nSPS) is 17.5. The van der Waals surface area contributed by atoms with Gasteiger partial charge in [-0.2, -0.15) is 4.98 Å². The van der Waals surface area contributed by atoms with Crippen LogP contribution in [-0.2, 0) is 0 Å². The van der Waals surface area contributed by atoms with E-state index in [9.17, 15) is 4.79 Å². The number of thioether (sulfide) groups is 1. The van der Waals surface area contributed by atoms with Crippen LogP contribution in [0.2, 0.25) is 0 Å². The van der Waals surface area contributed by atoms with Crippen molar-refractivity contribution >= 4 is 17.8 Å². The van der Waals surface area contributed by atoms with Crippen molar-refractivity contribution in [3.63, 3.8) is 0 Å². The number of aryl methyl sites for hydroxylation is 2.